The van der Waals surface area contributed by atoms with Crippen molar-refractivity contribution >= 4 is 5.69 Å². The molecule has 0 spiro atoms. The van der Waals surface area contributed by atoms with E-state index in [0.29, 0.717) is 27.9 Å². The molecular weight excluding hydrogens is 262 g/mol. The summed E-state index contributed by atoms with van der Waals surface area (Å²) in [5.74, 6) is 0. The first kappa shape index (κ1) is 15.3. The summed E-state index contributed by atoms with van der Waals surface area (Å²) < 4.78 is 0. The Balaban J connectivity index is 0.000000211. The lowest BCUT2D eigenvalue weighted by atomic mass is 10.1. The number of hydrogen-bond donors (Lipinski definition) is 1. The molecule has 2 aromatic carbocycles. The lowest BCUT2D eigenvalue weighted by molar-refractivity contribution is 1.43. The molecule has 0 atom stereocenters. The Morgan fingerprint density at radius 1 is 0.619 bits per heavy atom. The van der Waals surface area contributed by atoms with Gasteiger partial charge in [-0.1, -0.05) is 12.1 Å². The molecule has 0 aliphatic heterocycles. The van der Waals surface area contributed by atoms with Crippen molar-refractivity contribution in [1.29, 1.82) is 21.0 Å². The molecular formula is C16H9N5. The van der Waals surface area contributed by atoms with Gasteiger partial charge in [0.25, 0.3) is 0 Å². The second kappa shape index (κ2) is 7.59. The summed E-state index contributed by atoms with van der Waals surface area (Å²) in [7, 11) is 0. The van der Waals surface area contributed by atoms with Gasteiger partial charge in [0.05, 0.1) is 22.3 Å². The van der Waals surface area contributed by atoms with Crippen LogP contribution in [0.4, 0.5) is 5.69 Å². The van der Waals surface area contributed by atoms with Crippen molar-refractivity contribution in [3.63, 3.8) is 0 Å². The third-order valence-corrected chi connectivity index (χ3v) is 2.45. The van der Waals surface area contributed by atoms with E-state index in [1.807, 2.05) is 24.3 Å². The SMILES string of the molecule is N#Cc1ccc(N)cc1C#N.N#Cc1ccccc1C#N. The zero-order valence-electron chi connectivity index (χ0n) is 10.9. The van der Waals surface area contributed by atoms with Crippen molar-refractivity contribution in [3.05, 3.63) is 64.7 Å². The van der Waals surface area contributed by atoms with Crippen LogP contribution in [-0.2, 0) is 0 Å². The van der Waals surface area contributed by atoms with Gasteiger partial charge in [0.15, 0.2) is 0 Å². The van der Waals surface area contributed by atoms with Crippen molar-refractivity contribution in [1.82, 2.24) is 0 Å². The lowest BCUT2D eigenvalue weighted by Crippen LogP contribution is -1.88. The molecule has 5 heteroatoms. The average Bonchev–Trinajstić information content (AvgIpc) is 2.55. The number of nitrogens with zero attached hydrogens (tertiary/aromatic N) is 4. The summed E-state index contributed by atoms with van der Waals surface area (Å²) in [6.07, 6.45) is 0. The fraction of sp³-hybridized carbons (Fsp3) is 0. The highest BCUT2D eigenvalue weighted by atomic mass is 14.5. The number of hydrogen-bond acceptors (Lipinski definition) is 5. The minimum atomic E-state index is 0.326. The molecule has 0 bridgehead atoms. The molecule has 98 valence electrons. The molecule has 5 nitrogen and oxygen atoms in total. The van der Waals surface area contributed by atoms with Crippen LogP contribution in [0.5, 0.6) is 0 Å². The van der Waals surface area contributed by atoms with Crippen LogP contribution in [-0.4, -0.2) is 0 Å². The summed E-state index contributed by atoms with van der Waals surface area (Å²) >= 11 is 0. The van der Waals surface area contributed by atoms with Gasteiger partial charge in [0.2, 0.25) is 0 Å². The van der Waals surface area contributed by atoms with Crippen LogP contribution in [0.15, 0.2) is 42.5 Å². The first-order chi connectivity index (χ1) is 10.2. The van der Waals surface area contributed by atoms with Crippen molar-refractivity contribution in [3.8, 4) is 24.3 Å². The molecule has 0 amide bonds. The summed E-state index contributed by atoms with van der Waals surface area (Å²) in [5, 5.41) is 33.9. The minimum absolute atomic E-state index is 0.326. The van der Waals surface area contributed by atoms with E-state index in [2.05, 4.69) is 0 Å². The van der Waals surface area contributed by atoms with Crippen LogP contribution in [0.1, 0.15) is 22.3 Å². The smallest absolute Gasteiger partial charge is 0.101 e. The van der Waals surface area contributed by atoms with Crippen molar-refractivity contribution < 1.29 is 0 Å². The fourth-order valence-electron chi connectivity index (χ4n) is 1.43. The quantitative estimate of drug-likeness (QED) is 0.737. The van der Waals surface area contributed by atoms with E-state index in [0.717, 1.165) is 0 Å². The summed E-state index contributed by atoms with van der Waals surface area (Å²) in [4.78, 5) is 0. The lowest BCUT2D eigenvalue weighted by Gasteiger charge is -1.94. The number of benzene rings is 2. The Kier molecular flexibility index (Phi) is 5.52. The molecule has 2 rings (SSSR count). The maximum Gasteiger partial charge on any atom is 0.101 e. The van der Waals surface area contributed by atoms with E-state index in [-0.39, 0.29) is 0 Å². The van der Waals surface area contributed by atoms with E-state index in [1.54, 1.807) is 30.3 Å². The van der Waals surface area contributed by atoms with Gasteiger partial charge in [0.1, 0.15) is 24.3 Å². The first-order valence-corrected chi connectivity index (χ1v) is 5.75. The predicted molar refractivity (Wildman–Crippen MR) is 76.2 cm³/mol. The molecule has 0 heterocycles. The van der Waals surface area contributed by atoms with Gasteiger partial charge in [0, 0.05) is 5.69 Å². The number of nitriles is 4. The van der Waals surface area contributed by atoms with Crippen molar-refractivity contribution in [2.24, 2.45) is 0 Å². The third kappa shape index (κ3) is 4.11. The molecule has 0 saturated carbocycles. The Morgan fingerprint density at radius 3 is 1.48 bits per heavy atom. The van der Waals surface area contributed by atoms with Crippen LogP contribution >= 0.6 is 0 Å². The first-order valence-electron chi connectivity index (χ1n) is 5.75. The standard InChI is InChI=1S/C8H5N3.C8H4N2/c9-4-6-1-2-8(11)3-7(6)5-10;9-5-7-3-1-2-4-8(7)6-10/h1-3H,11H2;1-4H. The highest BCUT2D eigenvalue weighted by molar-refractivity contribution is 5.53. The Morgan fingerprint density at radius 2 is 1.05 bits per heavy atom. The predicted octanol–water partition coefficient (Wildman–Crippen LogP) is 2.44. The van der Waals surface area contributed by atoms with Gasteiger partial charge < -0.3 is 5.73 Å². The number of anilines is 1. The topological polar surface area (TPSA) is 121 Å². The van der Waals surface area contributed by atoms with Crippen LogP contribution < -0.4 is 5.73 Å². The van der Waals surface area contributed by atoms with Gasteiger partial charge in [-0.15, -0.1) is 0 Å². The van der Waals surface area contributed by atoms with E-state index in [9.17, 15) is 0 Å². The van der Waals surface area contributed by atoms with Crippen LogP contribution in [0.2, 0.25) is 0 Å². The Labute approximate surface area is 122 Å². The highest BCUT2D eigenvalue weighted by Gasteiger charge is 1.99. The van der Waals surface area contributed by atoms with E-state index >= 15 is 0 Å². The van der Waals surface area contributed by atoms with Gasteiger partial charge >= 0.3 is 0 Å². The number of nitrogens with two attached hydrogens (primary N) is 1. The van der Waals surface area contributed by atoms with E-state index < -0.39 is 0 Å². The number of nitrogen functional groups attached to an aromatic ring is 1. The zero-order valence-corrected chi connectivity index (χ0v) is 10.9. The van der Waals surface area contributed by atoms with E-state index in [4.69, 9.17) is 26.8 Å². The average molecular weight is 271 g/mol. The Hall–Kier alpha value is -3.80. The van der Waals surface area contributed by atoms with Crippen LogP contribution in [0.3, 0.4) is 0 Å². The summed E-state index contributed by atoms with van der Waals surface area (Å²) in [6.45, 7) is 0. The second-order valence-corrected chi connectivity index (χ2v) is 3.80. The number of rotatable bonds is 0. The molecule has 0 fully saturated rings. The largest absolute Gasteiger partial charge is 0.399 e. The maximum absolute atomic E-state index is 8.52. The third-order valence-electron chi connectivity index (χ3n) is 2.45. The molecule has 21 heavy (non-hydrogen) atoms. The molecule has 0 aromatic heterocycles. The van der Waals surface area contributed by atoms with Crippen molar-refractivity contribution in [2.75, 3.05) is 5.73 Å². The van der Waals surface area contributed by atoms with Crippen LogP contribution in [0.25, 0.3) is 0 Å². The normalized spacial score (nSPS) is 8.00. The highest BCUT2D eigenvalue weighted by Crippen LogP contribution is 2.10. The Bertz CT molecular complexity index is 777. The van der Waals surface area contributed by atoms with Gasteiger partial charge in [-0.05, 0) is 30.3 Å². The molecule has 2 N–H and O–H groups in total. The maximum atomic E-state index is 8.52. The minimum Gasteiger partial charge on any atom is -0.399 e. The molecule has 0 unspecified atom stereocenters. The van der Waals surface area contributed by atoms with Crippen molar-refractivity contribution in [2.45, 2.75) is 0 Å². The fourth-order valence-corrected chi connectivity index (χ4v) is 1.43. The van der Waals surface area contributed by atoms with Gasteiger partial charge in [-0.25, -0.2) is 0 Å². The molecule has 0 radical (unpaired) electrons. The molecule has 2 aromatic rings. The molecule has 0 aliphatic rings. The molecule has 0 saturated heterocycles. The summed E-state index contributed by atoms with van der Waals surface area (Å²) in [6, 6.07) is 19.0. The second-order valence-electron chi connectivity index (χ2n) is 3.80. The van der Waals surface area contributed by atoms with E-state index in [1.165, 1.54) is 12.1 Å². The monoisotopic (exact) mass is 271 g/mol. The summed E-state index contributed by atoms with van der Waals surface area (Å²) in [5.41, 5.74) is 7.46. The van der Waals surface area contributed by atoms with Crippen LogP contribution in [0, 0.1) is 45.3 Å². The molecule has 0 aliphatic carbocycles. The zero-order chi connectivity index (χ0) is 15.7. The van der Waals surface area contributed by atoms with Gasteiger partial charge in [-0.3, -0.25) is 0 Å². The van der Waals surface area contributed by atoms with Gasteiger partial charge in [-0.2, -0.15) is 21.0 Å².